The second-order valence-corrected chi connectivity index (χ2v) is 11.6. The number of halogens is 1. The summed E-state index contributed by atoms with van der Waals surface area (Å²) in [7, 11) is 1.62. The van der Waals surface area contributed by atoms with Crippen molar-refractivity contribution in [3.63, 3.8) is 0 Å². The summed E-state index contributed by atoms with van der Waals surface area (Å²) in [6.07, 6.45) is 0.375. The third-order valence-electron chi connectivity index (χ3n) is 7.70. The highest BCUT2D eigenvalue weighted by Gasteiger charge is 2.54. The molecule has 0 radical (unpaired) electrons. The molecule has 0 fully saturated rings. The zero-order valence-corrected chi connectivity index (χ0v) is 27.4. The standard InChI is InChI=1S/C35H35BrN6O5/c1-45-28-10-6-8-24(22-28)18-19-38-41-34(44)35(23-26-9-2-5-13-31(26)40-42-37)32(29-11-3-4-12-30(29)36)47-33(39-35)25-14-16-27(17-15-25)46-21-7-20-43/h2-6,8-17,22,32,38,43H,7,18-21,23H2,1H3,(H,41,44)/t32-,35-/m0/s1. The lowest BCUT2D eigenvalue weighted by atomic mass is 9.81. The molecule has 1 aliphatic rings. The van der Waals surface area contributed by atoms with Gasteiger partial charge in [-0.05, 0) is 65.5 Å². The number of carbonyl (C=O) groups excluding carboxylic acids is 1. The largest absolute Gasteiger partial charge is 0.497 e. The van der Waals surface area contributed by atoms with Crippen LogP contribution in [-0.2, 0) is 22.4 Å². The minimum Gasteiger partial charge on any atom is -0.497 e. The van der Waals surface area contributed by atoms with Crippen LogP contribution in [0.2, 0.25) is 0 Å². The van der Waals surface area contributed by atoms with Crippen molar-refractivity contribution < 1.29 is 24.1 Å². The van der Waals surface area contributed by atoms with Crippen molar-refractivity contribution in [2.24, 2.45) is 10.1 Å². The van der Waals surface area contributed by atoms with E-state index >= 15 is 0 Å². The maximum absolute atomic E-state index is 14.5. The molecule has 0 saturated carbocycles. The summed E-state index contributed by atoms with van der Waals surface area (Å²) < 4.78 is 18.4. The second-order valence-electron chi connectivity index (χ2n) is 10.8. The van der Waals surface area contributed by atoms with Crippen molar-refractivity contribution in [2.45, 2.75) is 30.9 Å². The fourth-order valence-electron chi connectivity index (χ4n) is 5.33. The van der Waals surface area contributed by atoms with E-state index in [0.29, 0.717) is 48.6 Å². The van der Waals surface area contributed by atoms with Gasteiger partial charge in [0.15, 0.2) is 11.6 Å². The van der Waals surface area contributed by atoms with Crippen LogP contribution in [0.25, 0.3) is 10.4 Å². The highest BCUT2D eigenvalue weighted by molar-refractivity contribution is 9.10. The maximum atomic E-state index is 14.5. The Bertz CT molecular complexity index is 1760. The Labute approximate surface area is 281 Å². The monoisotopic (exact) mass is 698 g/mol. The number of hydrazine groups is 1. The van der Waals surface area contributed by atoms with E-state index in [1.54, 1.807) is 31.4 Å². The summed E-state index contributed by atoms with van der Waals surface area (Å²) in [4.78, 5) is 22.5. The lowest BCUT2D eigenvalue weighted by Gasteiger charge is -2.31. The number of rotatable bonds is 15. The molecule has 4 aromatic rings. The van der Waals surface area contributed by atoms with Crippen LogP contribution in [0.1, 0.15) is 34.8 Å². The van der Waals surface area contributed by atoms with E-state index in [2.05, 4.69) is 36.8 Å². The fourth-order valence-corrected chi connectivity index (χ4v) is 5.82. The first-order valence-corrected chi connectivity index (χ1v) is 15.9. The third kappa shape index (κ3) is 8.11. The van der Waals surface area contributed by atoms with E-state index < -0.39 is 17.6 Å². The van der Waals surface area contributed by atoms with Crippen LogP contribution in [0.4, 0.5) is 5.69 Å². The van der Waals surface area contributed by atoms with Crippen molar-refractivity contribution in [1.29, 1.82) is 0 Å². The molecule has 11 nitrogen and oxygen atoms in total. The van der Waals surface area contributed by atoms with Gasteiger partial charge in [-0.25, -0.2) is 10.4 Å². The number of ether oxygens (including phenoxy) is 3. The molecule has 0 unspecified atom stereocenters. The van der Waals surface area contributed by atoms with E-state index in [1.165, 1.54) is 0 Å². The Balaban J connectivity index is 1.51. The van der Waals surface area contributed by atoms with Crippen LogP contribution in [0, 0.1) is 0 Å². The molecule has 47 heavy (non-hydrogen) atoms. The van der Waals surface area contributed by atoms with Crippen LogP contribution in [-0.4, -0.2) is 49.3 Å². The van der Waals surface area contributed by atoms with Gasteiger partial charge in [-0.2, -0.15) is 0 Å². The first-order valence-electron chi connectivity index (χ1n) is 15.1. The fraction of sp³-hybridized carbons (Fsp3) is 0.257. The molecule has 5 rings (SSSR count). The molecule has 0 aromatic heterocycles. The minimum atomic E-state index is -1.51. The van der Waals surface area contributed by atoms with Crippen molar-refractivity contribution in [3.8, 4) is 11.5 Å². The number of hydrogen-bond donors (Lipinski definition) is 3. The molecule has 242 valence electrons. The van der Waals surface area contributed by atoms with Gasteiger partial charge >= 0.3 is 0 Å². The van der Waals surface area contributed by atoms with Crippen LogP contribution < -0.4 is 20.3 Å². The van der Waals surface area contributed by atoms with Crippen LogP contribution >= 0.6 is 15.9 Å². The molecule has 3 N–H and O–H groups in total. The molecule has 0 spiro atoms. The van der Waals surface area contributed by atoms with E-state index in [1.807, 2.05) is 72.8 Å². The molecule has 0 aliphatic carbocycles. The van der Waals surface area contributed by atoms with Gasteiger partial charge in [0.2, 0.25) is 5.90 Å². The number of aliphatic imine (C=N–C) groups is 1. The number of carbonyl (C=O) groups is 1. The molecular formula is C35H35BrN6O5. The Kier molecular flexibility index (Phi) is 11.5. The zero-order valence-electron chi connectivity index (χ0n) is 25.8. The smallest absolute Gasteiger partial charge is 0.266 e. The predicted octanol–water partition coefficient (Wildman–Crippen LogP) is 6.52. The summed E-state index contributed by atoms with van der Waals surface area (Å²) >= 11 is 3.66. The number of methoxy groups -OCH3 is 1. The molecule has 2 atom stereocenters. The minimum absolute atomic E-state index is 0.0436. The van der Waals surface area contributed by atoms with Crippen molar-refractivity contribution in [2.75, 3.05) is 26.9 Å². The zero-order chi connectivity index (χ0) is 33.1. The summed E-state index contributed by atoms with van der Waals surface area (Å²) in [6, 6.07) is 29.6. The Morgan fingerprint density at radius 1 is 1.06 bits per heavy atom. The molecule has 0 bridgehead atoms. The van der Waals surface area contributed by atoms with Crippen LogP contribution in [0.5, 0.6) is 11.5 Å². The SMILES string of the molecule is COc1cccc(CCNNC(=O)[C@@]2(Cc3ccccc3N=[N+]=[N-])N=C(c3ccc(OCCCO)cc3)O[C@H]2c2ccccc2Br)c1. The Morgan fingerprint density at radius 2 is 1.85 bits per heavy atom. The van der Waals surface area contributed by atoms with Gasteiger partial charge in [0.05, 0.1) is 13.7 Å². The van der Waals surface area contributed by atoms with Gasteiger partial charge in [-0.3, -0.25) is 10.2 Å². The summed E-state index contributed by atoms with van der Waals surface area (Å²) in [5.74, 6) is 1.25. The quantitative estimate of drug-likeness (QED) is 0.0423. The van der Waals surface area contributed by atoms with Gasteiger partial charge < -0.3 is 19.3 Å². The van der Waals surface area contributed by atoms with Crippen LogP contribution in [0.3, 0.4) is 0 Å². The number of azide groups is 1. The van der Waals surface area contributed by atoms with Gasteiger partial charge in [0, 0.05) is 52.2 Å². The molecular weight excluding hydrogens is 664 g/mol. The summed E-state index contributed by atoms with van der Waals surface area (Å²) in [5.41, 5.74) is 17.2. The predicted molar refractivity (Wildman–Crippen MR) is 183 cm³/mol. The van der Waals surface area contributed by atoms with Crippen molar-refractivity contribution in [1.82, 2.24) is 10.9 Å². The van der Waals surface area contributed by atoms with E-state index in [-0.39, 0.29) is 18.9 Å². The van der Waals surface area contributed by atoms with E-state index in [0.717, 1.165) is 21.3 Å². The highest BCUT2D eigenvalue weighted by atomic mass is 79.9. The van der Waals surface area contributed by atoms with Gasteiger partial charge in [0.25, 0.3) is 5.91 Å². The number of hydrogen-bond acceptors (Lipinski definition) is 8. The number of aliphatic hydroxyl groups excluding tert-OH is 1. The molecule has 1 heterocycles. The van der Waals surface area contributed by atoms with E-state index in [4.69, 9.17) is 24.3 Å². The lowest BCUT2D eigenvalue weighted by molar-refractivity contribution is -0.130. The number of amides is 1. The maximum Gasteiger partial charge on any atom is 0.266 e. The molecule has 4 aromatic carbocycles. The van der Waals surface area contributed by atoms with Gasteiger partial charge in [-0.1, -0.05) is 75.6 Å². The van der Waals surface area contributed by atoms with Crippen molar-refractivity contribution in [3.05, 3.63) is 134 Å². The molecule has 1 aliphatic heterocycles. The number of nitrogens with one attached hydrogen (secondary N) is 2. The summed E-state index contributed by atoms with van der Waals surface area (Å²) in [5, 5.41) is 13.0. The second kappa shape index (κ2) is 16.1. The Morgan fingerprint density at radius 3 is 2.62 bits per heavy atom. The van der Waals surface area contributed by atoms with Crippen LogP contribution in [0.15, 0.2) is 112 Å². The first-order chi connectivity index (χ1) is 23.0. The average molecular weight is 700 g/mol. The number of aliphatic hydroxyl groups is 1. The molecule has 12 heteroatoms. The summed E-state index contributed by atoms with van der Waals surface area (Å²) in [6.45, 7) is 0.872. The Hall–Kier alpha value is -4.87. The molecule has 1 amide bonds. The normalized spacial score (nSPS) is 16.8. The topological polar surface area (TPSA) is 150 Å². The van der Waals surface area contributed by atoms with E-state index in [9.17, 15) is 10.3 Å². The van der Waals surface area contributed by atoms with Crippen molar-refractivity contribution >= 4 is 33.4 Å². The van der Waals surface area contributed by atoms with Gasteiger partial charge in [0.1, 0.15) is 11.5 Å². The van der Waals surface area contributed by atoms with Gasteiger partial charge in [-0.15, -0.1) is 0 Å². The number of benzene rings is 4. The lowest BCUT2D eigenvalue weighted by Crippen LogP contribution is -2.54. The third-order valence-corrected chi connectivity index (χ3v) is 8.42. The number of nitrogens with zero attached hydrogens (tertiary/aromatic N) is 4. The highest BCUT2D eigenvalue weighted by Crippen LogP contribution is 2.45. The molecule has 0 saturated heterocycles. The average Bonchev–Trinajstić information content (AvgIpc) is 3.48. The first kappa shape index (κ1) is 33.5.